The maximum atomic E-state index is 13.2. The Morgan fingerprint density at radius 3 is 2.36 bits per heavy atom. The molecule has 6 heteroatoms. The molecule has 0 spiro atoms. The molecule has 0 radical (unpaired) electrons. The van der Waals surface area contributed by atoms with Crippen molar-refractivity contribution in [1.29, 1.82) is 0 Å². The second kappa shape index (κ2) is 7.15. The van der Waals surface area contributed by atoms with Crippen molar-refractivity contribution < 1.29 is 23.5 Å². The Labute approximate surface area is 160 Å². The van der Waals surface area contributed by atoms with Gasteiger partial charge in [-0.3, -0.25) is 9.59 Å². The average Bonchev–Trinajstić information content (AvgIpc) is 3.32. The lowest BCUT2D eigenvalue weighted by Crippen LogP contribution is -2.29. The first kappa shape index (κ1) is 17.7. The van der Waals surface area contributed by atoms with Crippen LogP contribution in [0.15, 0.2) is 83.0 Å². The first-order valence-corrected chi connectivity index (χ1v) is 8.68. The Kier molecular flexibility index (Phi) is 4.53. The number of ketones is 1. The molecule has 1 amide bonds. The number of rotatable bonds is 4. The van der Waals surface area contributed by atoms with Gasteiger partial charge in [0.25, 0.3) is 11.7 Å². The molecule has 1 atom stereocenters. The fraction of sp³-hybridized carbons (Fsp3) is 0.0909. The summed E-state index contributed by atoms with van der Waals surface area (Å²) in [5, 5.41) is 10.8. The van der Waals surface area contributed by atoms with Gasteiger partial charge in [-0.1, -0.05) is 30.3 Å². The van der Waals surface area contributed by atoms with E-state index in [0.29, 0.717) is 5.76 Å². The van der Waals surface area contributed by atoms with Crippen molar-refractivity contribution in [2.45, 2.75) is 12.6 Å². The number of hydrogen-bond donors (Lipinski definition) is 1. The Hall–Kier alpha value is -3.67. The molecule has 2 heterocycles. The third-order valence-electron chi connectivity index (χ3n) is 4.67. The number of likely N-dealkylation sites (tertiary alicyclic amines) is 1. The van der Waals surface area contributed by atoms with Crippen LogP contribution in [0.25, 0.3) is 5.76 Å². The summed E-state index contributed by atoms with van der Waals surface area (Å²) in [4.78, 5) is 26.9. The first-order chi connectivity index (χ1) is 13.6. The predicted octanol–water partition coefficient (Wildman–Crippen LogP) is 4.04. The lowest BCUT2D eigenvalue weighted by molar-refractivity contribution is -0.140. The van der Waals surface area contributed by atoms with Gasteiger partial charge < -0.3 is 14.4 Å². The van der Waals surface area contributed by atoms with E-state index in [2.05, 4.69) is 0 Å². The molecule has 1 saturated heterocycles. The van der Waals surface area contributed by atoms with E-state index in [1.807, 2.05) is 30.3 Å². The number of aliphatic hydroxyl groups excluding tert-OH is 1. The second-order valence-corrected chi connectivity index (χ2v) is 6.43. The summed E-state index contributed by atoms with van der Waals surface area (Å²) >= 11 is 0. The summed E-state index contributed by atoms with van der Waals surface area (Å²) in [6, 6.07) is 16.7. The van der Waals surface area contributed by atoms with Gasteiger partial charge in [0, 0.05) is 12.1 Å². The number of aliphatic hydroxyl groups is 1. The molecule has 0 aliphatic carbocycles. The Morgan fingerprint density at radius 1 is 1.00 bits per heavy atom. The fourth-order valence-corrected chi connectivity index (χ4v) is 3.33. The topological polar surface area (TPSA) is 70.8 Å². The van der Waals surface area contributed by atoms with Crippen molar-refractivity contribution in [3.8, 4) is 0 Å². The SMILES string of the molecule is O=C1C(=O)N(Cc2ccccc2)C(c2ccco2)C1=C(O)c1ccc(F)cc1. The number of carbonyl (C=O) groups is 2. The molecule has 5 nitrogen and oxygen atoms in total. The van der Waals surface area contributed by atoms with E-state index in [0.717, 1.165) is 5.56 Å². The van der Waals surface area contributed by atoms with Crippen LogP contribution in [0.2, 0.25) is 0 Å². The average molecular weight is 377 g/mol. The first-order valence-electron chi connectivity index (χ1n) is 8.68. The minimum absolute atomic E-state index is 0.0810. The van der Waals surface area contributed by atoms with Crippen LogP contribution in [0, 0.1) is 5.82 Å². The largest absolute Gasteiger partial charge is 0.507 e. The van der Waals surface area contributed by atoms with Crippen LogP contribution in [0.4, 0.5) is 4.39 Å². The number of Topliss-reactive ketones (excluding diaryl/α,β-unsaturated/α-hetero) is 1. The van der Waals surface area contributed by atoms with E-state index in [1.54, 1.807) is 12.1 Å². The molecule has 3 aromatic rings. The Morgan fingerprint density at radius 2 is 1.71 bits per heavy atom. The van der Waals surface area contributed by atoms with Gasteiger partial charge >= 0.3 is 0 Å². The molecule has 1 unspecified atom stereocenters. The molecule has 1 aliphatic heterocycles. The zero-order valence-corrected chi connectivity index (χ0v) is 14.7. The zero-order valence-electron chi connectivity index (χ0n) is 14.7. The minimum Gasteiger partial charge on any atom is -0.507 e. The summed E-state index contributed by atoms with van der Waals surface area (Å²) in [6.45, 7) is 0.178. The quantitative estimate of drug-likeness (QED) is 0.423. The van der Waals surface area contributed by atoms with Crippen molar-refractivity contribution in [2.24, 2.45) is 0 Å². The maximum Gasteiger partial charge on any atom is 0.296 e. The van der Waals surface area contributed by atoms with Crippen LogP contribution in [0.3, 0.4) is 0 Å². The molecular weight excluding hydrogens is 361 g/mol. The normalized spacial score (nSPS) is 18.6. The van der Waals surface area contributed by atoms with Gasteiger partial charge in [0.2, 0.25) is 0 Å². The van der Waals surface area contributed by atoms with E-state index >= 15 is 0 Å². The van der Waals surface area contributed by atoms with Crippen LogP contribution in [0.5, 0.6) is 0 Å². The van der Waals surface area contributed by atoms with Crippen molar-refractivity contribution in [3.63, 3.8) is 0 Å². The molecule has 140 valence electrons. The monoisotopic (exact) mass is 377 g/mol. The molecular formula is C22H16FNO4. The van der Waals surface area contributed by atoms with Crippen molar-refractivity contribution in [3.05, 3.63) is 101 Å². The number of furan rings is 1. The maximum absolute atomic E-state index is 13.2. The predicted molar refractivity (Wildman–Crippen MR) is 99.4 cm³/mol. The smallest absolute Gasteiger partial charge is 0.296 e. The molecule has 0 saturated carbocycles. The van der Waals surface area contributed by atoms with Crippen LogP contribution in [-0.4, -0.2) is 21.7 Å². The number of nitrogens with zero attached hydrogens (tertiary/aromatic N) is 1. The standard InChI is InChI=1S/C22H16FNO4/c23-16-10-8-15(9-11-16)20(25)18-19(17-7-4-12-28-17)24(22(27)21(18)26)13-14-5-2-1-3-6-14/h1-12,19,25H,13H2. The number of carbonyl (C=O) groups excluding carboxylic acids is 2. The van der Waals surface area contributed by atoms with Gasteiger partial charge in [-0.05, 0) is 42.0 Å². The third-order valence-corrected chi connectivity index (χ3v) is 4.67. The summed E-state index contributed by atoms with van der Waals surface area (Å²) in [5.41, 5.74) is 1.00. The highest BCUT2D eigenvalue weighted by Crippen LogP contribution is 2.40. The van der Waals surface area contributed by atoms with Crippen molar-refractivity contribution in [2.75, 3.05) is 0 Å². The highest BCUT2D eigenvalue weighted by atomic mass is 19.1. The molecule has 1 fully saturated rings. The van der Waals surface area contributed by atoms with E-state index in [-0.39, 0.29) is 23.4 Å². The van der Waals surface area contributed by atoms with Gasteiger partial charge in [-0.25, -0.2) is 4.39 Å². The number of amides is 1. The van der Waals surface area contributed by atoms with Crippen LogP contribution >= 0.6 is 0 Å². The van der Waals surface area contributed by atoms with Gasteiger partial charge in [-0.2, -0.15) is 0 Å². The molecule has 1 aromatic heterocycles. The van der Waals surface area contributed by atoms with Crippen LogP contribution in [-0.2, 0) is 16.1 Å². The molecule has 2 aromatic carbocycles. The number of hydrogen-bond acceptors (Lipinski definition) is 4. The van der Waals surface area contributed by atoms with E-state index in [1.165, 1.54) is 35.4 Å². The fourth-order valence-electron chi connectivity index (χ4n) is 3.33. The molecule has 4 rings (SSSR count). The minimum atomic E-state index is -0.875. The molecule has 0 bridgehead atoms. The molecule has 28 heavy (non-hydrogen) atoms. The van der Waals surface area contributed by atoms with Crippen LogP contribution in [0.1, 0.15) is 22.9 Å². The summed E-state index contributed by atoms with van der Waals surface area (Å²) in [7, 11) is 0. The third kappa shape index (κ3) is 3.09. The Balaban J connectivity index is 1.83. The van der Waals surface area contributed by atoms with Crippen molar-refractivity contribution in [1.82, 2.24) is 4.90 Å². The highest BCUT2D eigenvalue weighted by Gasteiger charge is 2.47. The summed E-state index contributed by atoms with van der Waals surface area (Å²) < 4.78 is 18.7. The van der Waals surface area contributed by atoms with Crippen molar-refractivity contribution >= 4 is 17.4 Å². The summed E-state index contributed by atoms with van der Waals surface area (Å²) in [6.07, 6.45) is 1.44. The highest BCUT2D eigenvalue weighted by molar-refractivity contribution is 6.46. The van der Waals surface area contributed by atoms with Gasteiger partial charge in [0.05, 0.1) is 11.8 Å². The van der Waals surface area contributed by atoms with Gasteiger partial charge in [-0.15, -0.1) is 0 Å². The lowest BCUT2D eigenvalue weighted by atomic mass is 9.99. The van der Waals surface area contributed by atoms with Gasteiger partial charge in [0.1, 0.15) is 23.4 Å². The second-order valence-electron chi connectivity index (χ2n) is 6.43. The Bertz CT molecular complexity index is 1040. The molecule has 1 aliphatic rings. The summed E-state index contributed by atoms with van der Waals surface area (Å²) in [5.74, 6) is -2.01. The van der Waals surface area contributed by atoms with E-state index < -0.39 is 23.5 Å². The van der Waals surface area contributed by atoms with Crippen LogP contribution < -0.4 is 0 Å². The zero-order chi connectivity index (χ0) is 19.7. The lowest BCUT2D eigenvalue weighted by Gasteiger charge is -2.23. The van der Waals surface area contributed by atoms with Gasteiger partial charge in [0.15, 0.2) is 0 Å². The van der Waals surface area contributed by atoms with E-state index in [4.69, 9.17) is 4.42 Å². The van der Waals surface area contributed by atoms with E-state index in [9.17, 15) is 19.1 Å². The molecule has 1 N–H and O–H groups in total. The number of benzene rings is 2. The number of halogens is 1.